The van der Waals surface area contributed by atoms with Crippen molar-refractivity contribution >= 4 is 5.78 Å². The van der Waals surface area contributed by atoms with Gasteiger partial charge in [-0.3, -0.25) is 4.79 Å². The second-order valence-corrected chi connectivity index (χ2v) is 5.34. The number of fused-ring (bicyclic) bond motifs is 2. The van der Waals surface area contributed by atoms with Gasteiger partial charge in [0.15, 0.2) is 5.78 Å². The van der Waals surface area contributed by atoms with Crippen molar-refractivity contribution < 1.29 is 15.0 Å². The average molecular weight is 268 g/mol. The number of hydrogen-bond acceptors (Lipinski definition) is 3. The van der Waals surface area contributed by atoms with Gasteiger partial charge >= 0.3 is 0 Å². The van der Waals surface area contributed by atoms with Crippen LogP contribution in [0.2, 0.25) is 0 Å². The summed E-state index contributed by atoms with van der Waals surface area (Å²) < 4.78 is 0. The van der Waals surface area contributed by atoms with E-state index < -0.39 is 6.10 Å². The van der Waals surface area contributed by atoms with Crippen LogP contribution >= 0.6 is 0 Å². The van der Waals surface area contributed by atoms with E-state index in [4.69, 9.17) is 0 Å². The summed E-state index contributed by atoms with van der Waals surface area (Å²) in [6, 6.07) is 10.6. The van der Waals surface area contributed by atoms with Crippen LogP contribution in [-0.4, -0.2) is 16.0 Å². The Morgan fingerprint density at radius 1 is 1.10 bits per heavy atom. The average Bonchev–Trinajstić information content (AvgIpc) is 2.54. The standard InChI is InChI=1S/C17H16O3/c1-9-7-8-13(18)15-14(9)17(20)12-6-4-3-5-11(12)10(2)16(15)19/h3-8,10,16,18-19H,1-2H3. The van der Waals surface area contributed by atoms with Gasteiger partial charge in [-0.1, -0.05) is 37.3 Å². The third-order valence-electron chi connectivity index (χ3n) is 4.12. The van der Waals surface area contributed by atoms with Gasteiger partial charge in [0, 0.05) is 22.6 Å². The van der Waals surface area contributed by atoms with Crippen molar-refractivity contribution in [3.05, 3.63) is 64.2 Å². The van der Waals surface area contributed by atoms with E-state index in [0.29, 0.717) is 16.7 Å². The molecule has 0 amide bonds. The maximum absolute atomic E-state index is 12.8. The number of aromatic hydroxyl groups is 1. The van der Waals surface area contributed by atoms with Crippen LogP contribution in [-0.2, 0) is 0 Å². The third kappa shape index (κ3) is 1.67. The van der Waals surface area contributed by atoms with Crippen molar-refractivity contribution in [3.63, 3.8) is 0 Å². The summed E-state index contributed by atoms with van der Waals surface area (Å²) in [6.07, 6.45) is -0.891. The van der Waals surface area contributed by atoms with E-state index in [1.54, 1.807) is 12.1 Å². The molecule has 0 bridgehead atoms. The Kier molecular flexibility index (Phi) is 2.87. The van der Waals surface area contributed by atoms with Gasteiger partial charge in [0.2, 0.25) is 0 Å². The zero-order valence-corrected chi connectivity index (χ0v) is 11.4. The zero-order chi connectivity index (χ0) is 14.4. The number of carbonyl (C=O) groups is 1. The Balaban J connectivity index is 2.39. The van der Waals surface area contributed by atoms with E-state index in [-0.39, 0.29) is 17.5 Å². The number of benzene rings is 2. The molecule has 2 aromatic rings. The van der Waals surface area contributed by atoms with Crippen LogP contribution in [0.1, 0.15) is 51.6 Å². The first-order chi connectivity index (χ1) is 9.52. The quantitative estimate of drug-likeness (QED) is 0.772. The van der Waals surface area contributed by atoms with Crippen LogP contribution < -0.4 is 0 Å². The monoisotopic (exact) mass is 268 g/mol. The van der Waals surface area contributed by atoms with E-state index in [1.165, 1.54) is 6.07 Å². The molecule has 20 heavy (non-hydrogen) atoms. The number of ketones is 1. The molecule has 0 spiro atoms. The Hall–Kier alpha value is -2.13. The summed E-state index contributed by atoms with van der Waals surface area (Å²) >= 11 is 0. The molecule has 2 N–H and O–H groups in total. The fourth-order valence-electron chi connectivity index (χ4n) is 2.97. The maximum atomic E-state index is 12.8. The number of carbonyl (C=O) groups excluding carboxylic acids is 1. The van der Waals surface area contributed by atoms with Crippen molar-refractivity contribution in [1.29, 1.82) is 0 Å². The SMILES string of the molecule is Cc1ccc(O)c2c1C(=O)c1ccccc1C(C)C2O. The lowest BCUT2D eigenvalue weighted by molar-refractivity contribution is 0.103. The van der Waals surface area contributed by atoms with Gasteiger partial charge in [-0.05, 0) is 24.1 Å². The van der Waals surface area contributed by atoms with E-state index in [2.05, 4.69) is 0 Å². The van der Waals surface area contributed by atoms with Gasteiger partial charge in [-0.25, -0.2) is 0 Å². The van der Waals surface area contributed by atoms with Gasteiger partial charge in [-0.15, -0.1) is 0 Å². The number of phenols is 1. The van der Waals surface area contributed by atoms with Crippen molar-refractivity contribution in [2.45, 2.75) is 25.9 Å². The highest BCUT2D eigenvalue weighted by Crippen LogP contribution is 2.43. The summed E-state index contributed by atoms with van der Waals surface area (Å²) in [7, 11) is 0. The largest absolute Gasteiger partial charge is 0.508 e. The lowest BCUT2D eigenvalue weighted by Gasteiger charge is -2.20. The smallest absolute Gasteiger partial charge is 0.194 e. The Labute approximate surface area is 117 Å². The first-order valence-corrected chi connectivity index (χ1v) is 6.66. The normalized spacial score (nSPS) is 21.1. The predicted molar refractivity (Wildman–Crippen MR) is 76.1 cm³/mol. The number of rotatable bonds is 0. The Bertz CT molecular complexity index is 703. The second-order valence-electron chi connectivity index (χ2n) is 5.34. The number of aryl methyl sites for hydroxylation is 1. The minimum absolute atomic E-state index is 0.0221. The molecule has 3 heteroatoms. The van der Waals surface area contributed by atoms with Gasteiger partial charge in [-0.2, -0.15) is 0 Å². The summed E-state index contributed by atoms with van der Waals surface area (Å²) in [5.41, 5.74) is 2.96. The van der Waals surface area contributed by atoms with Crippen LogP contribution in [0.5, 0.6) is 5.75 Å². The number of hydrogen-bond donors (Lipinski definition) is 2. The van der Waals surface area contributed by atoms with Gasteiger partial charge < -0.3 is 10.2 Å². The fourth-order valence-corrected chi connectivity index (χ4v) is 2.97. The predicted octanol–water partition coefficient (Wildman–Crippen LogP) is 3.08. The van der Waals surface area contributed by atoms with Crippen LogP contribution in [0.25, 0.3) is 0 Å². The lowest BCUT2D eigenvalue weighted by atomic mass is 9.90. The van der Waals surface area contributed by atoms with Crippen LogP contribution in [0.15, 0.2) is 36.4 Å². The van der Waals surface area contributed by atoms with Crippen molar-refractivity contribution in [3.8, 4) is 5.75 Å². The highest BCUT2D eigenvalue weighted by molar-refractivity contribution is 6.12. The number of aliphatic hydroxyl groups is 1. The van der Waals surface area contributed by atoms with Crippen LogP contribution in [0.3, 0.4) is 0 Å². The molecule has 1 aliphatic rings. The highest BCUT2D eigenvalue weighted by Gasteiger charge is 2.34. The van der Waals surface area contributed by atoms with Gasteiger partial charge in [0.1, 0.15) is 5.75 Å². The number of aliphatic hydroxyl groups excluding tert-OH is 1. The molecule has 0 aromatic heterocycles. The second kappa shape index (κ2) is 4.46. The molecule has 2 aromatic carbocycles. The molecule has 1 aliphatic carbocycles. The molecule has 3 rings (SSSR count). The molecule has 0 heterocycles. The molecule has 2 atom stereocenters. The minimum atomic E-state index is -0.891. The molecule has 0 fully saturated rings. The third-order valence-corrected chi connectivity index (χ3v) is 4.12. The highest BCUT2D eigenvalue weighted by atomic mass is 16.3. The summed E-state index contributed by atoms with van der Waals surface area (Å²) in [5.74, 6) is -0.400. The van der Waals surface area contributed by atoms with Crippen LogP contribution in [0.4, 0.5) is 0 Å². The van der Waals surface area contributed by atoms with Gasteiger partial charge in [0.05, 0.1) is 6.10 Å². The van der Waals surface area contributed by atoms with Crippen molar-refractivity contribution in [2.75, 3.05) is 0 Å². The molecule has 0 saturated carbocycles. The first kappa shape index (κ1) is 12.9. The van der Waals surface area contributed by atoms with E-state index in [1.807, 2.05) is 32.0 Å². The molecule has 3 nitrogen and oxygen atoms in total. The fraction of sp³-hybridized carbons (Fsp3) is 0.235. The Morgan fingerprint density at radius 3 is 2.55 bits per heavy atom. The maximum Gasteiger partial charge on any atom is 0.194 e. The molecular formula is C17H16O3. The molecule has 0 aliphatic heterocycles. The van der Waals surface area contributed by atoms with E-state index in [0.717, 1.165) is 11.1 Å². The number of phenolic OH excluding ortho intramolecular Hbond substituents is 1. The van der Waals surface area contributed by atoms with Gasteiger partial charge in [0.25, 0.3) is 0 Å². The lowest BCUT2D eigenvalue weighted by Crippen LogP contribution is -2.09. The minimum Gasteiger partial charge on any atom is -0.508 e. The molecule has 102 valence electrons. The van der Waals surface area contributed by atoms with E-state index in [9.17, 15) is 15.0 Å². The van der Waals surface area contributed by atoms with Crippen molar-refractivity contribution in [2.24, 2.45) is 0 Å². The summed E-state index contributed by atoms with van der Waals surface area (Å²) in [5, 5.41) is 20.6. The van der Waals surface area contributed by atoms with Crippen LogP contribution in [0, 0.1) is 6.92 Å². The molecular weight excluding hydrogens is 252 g/mol. The molecule has 2 unspecified atom stereocenters. The topological polar surface area (TPSA) is 57.5 Å². The molecule has 0 radical (unpaired) electrons. The van der Waals surface area contributed by atoms with Crippen molar-refractivity contribution in [1.82, 2.24) is 0 Å². The van der Waals surface area contributed by atoms with E-state index >= 15 is 0 Å². The summed E-state index contributed by atoms with van der Waals surface area (Å²) in [6.45, 7) is 3.69. The molecule has 0 saturated heterocycles. The summed E-state index contributed by atoms with van der Waals surface area (Å²) in [4.78, 5) is 12.8. The first-order valence-electron chi connectivity index (χ1n) is 6.66. The zero-order valence-electron chi connectivity index (χ0n) is 11.4. The Morgan fingerprint density at radius 2 is 1.80 bits per heavy atom.